The maximum atomic E-state index is 12.2. The van der Waals surface area contributed by atoms with Gasteiger partial charge in [0, 0.05) is 12.1 Å². The predicted molar refractivity (Wildman–Crippen MR) is 62.1 cm³/mol. The third-order valence-electron chi connectivity index (χ3n) is 3.35. The summed E-state index contributed by atoms with van der Waals surface area (Å²) >= 11 is 0. The van der Waals surface area contributed by atoms with Crippen LogP contribution in [0.4, 0.5) is 0 Å². The lowest BCUT2D eigenvalue weighted by Crippen LogP contribution is -2.39. The van der Waals surface area contributed by atoms with E-state index < -0.39 is 0 Å². The van der Waals surface area contributed by atoms with Crippen molar-refractivity contribution in [1.82, 2.24) is 4.90 Å². The summed E-state index contributed by atoms with van der Waals surface area (Å²) in [6.07, 6.45) is 0.976. The molecule has 3 heteroatoms. The molecular formula is C13H17NO2. The number of benzene rings is 1. The highest BCUT2D eigenvalue weighted by molar-refractivity contribution is 5.94. The summed E-state index contributed by atoms with van der Waals surface area (Å²) in [4.78, 5) is 14.0. The van der Waals surface area contributed by atoms with Crippen molar-refractivity contribution in [3.63, 3.8) is 0 Å². The second-order valence-corrected chi connectivity index (χ2v) is 4.38. The van der Waals surface area contributed by atoms with Gasteiger partial charge < -0.3 is 10.0 Å². The van der Waals surface area contributed by atoms with Gasteiger partial charge in [-0.15, -0.1) is 0 Å². The molecule has 1 N–H and O–H groups in total. The SMILES string of the molecule is C[C@H]1CCN(C(=O)c2ccccc2)[C@H]1CO. The first-order valence-corrected chi connectivity index (χ1v) is 5.71. The van der Waals surface area contributed by atoms with Gasteiger partial charge in [-0.1, -0.05) is 25.1 Å². The van der Waals surface area contributed by atoms with Gasteiger partial charge >= 0.3 is 0 Å². The van der Waals surface area contributed by atoms with Gasteiger partial charge in [0.15, 0.2) is 0 Å². The van der Waals surface area contributed by atoms with Crippen molar-refractivity contribution in [3.8, 4) is 0 Å². The molecule has 1 saturated heterocycles. The molecule has 1 amide bonds. The Kier molecular flexibility index (Phi) is 3.25. The first kappa shape index (κ1) is 11.1. The van der Waals surface area contributed by atoms with Crippen molar-refractivity contribution in [1.29, 1.82) is 0 Å². The molecule has 1 aromatic rings. The molecule has 1 aliphatic rings. The van der Waals surface area contributed by atoms with Crippen molar-refractivity contribution >= 4 is 5.91 Å². The number of carbonyl (C=O) groups excluding carboxylic acids is 1. The zero-order valence-corrected chi connectivity index (χ0v) is 9.47. The third-order valence-corrected chi connectivity index (χ3v) is 3.35. The lowest BCUT2D eigenvalue weighted by Gasteiger charge is -2.25. The molecular weight excluding hydrogens is 202 g/mol. The molecule has 2 rings (SSSR count). The van der Waals surface area contributed by atoms with Crippen molar-refractivity contribution in [2.45, 2.75) is 19.4 Å². The van der Waals surface area contributed by atoms with E-state index >= 15 is 0 Å². The highest BCUT2D eigenvalue weighted by Gasteiger charge is 2.33. The Morgan fingerprint density at radius 1 is 1.44 bits per heavy atom. The predicted octanol–water partition coefficient (Wildman–Crippen LogP) is 1.53. The largest absolute Gasteiger partial charge is 0.394 e. The van der Waals surface area contributed by atoms with Crippen LogP contribution in [0.2, 0.25) is 0 Å². The van der Waals surface area contributed by atoms with E-state index in [9.17, 15) is 9.90 Å². The van der Waals surface area contributed by atoms with Crippen molar-refractivity contribution in [3.05, 3.63) is 35.9 Å². The minimum absolute atomic E-state index is 0.0206. The van der Waals surface area contributed by atoms with Gasteiger partial charge in [0.2, 0.25) is 0 Å². The summed E-state index contributed by atoms with van der Waals surface area (Å²) in [5.74, 6) is 0.418. The smallest absolute Gasteiger partial charge is 0.254 e. The van der Waals surface area contributed by atoms with Gasteiger partial charge in [-0.05, 0) is 24.5 Å². The number of likely N-dealkylation sites (tertiary alicyclic amines) is 1. The van der Waals surface area contributed by atoms with E-state index in [4.69, 9.17) is 0 Å². The standard InChI is InChI=1S/C13H17NO2/c1-10-7-8-14(12(10)9-15)13(16)11-5-3-2-4-6-11/h2-6,10,12,15H,7-9H2,1H3/t10-,12-/m0/s1. The van der Waals surface area contributed by atoms with Gasteiger partial charge in [0.05, 0.1) is 12.6 Å². The van der Waals surface area contributed by atoms with Gasteiger partial charge in [-0.3, -0.25) is 4.79 Å². The van der Waals surface area contributed by atoms with Gasteiger partial charge in [0.25, 0.3) is 5.91 Å². The van der Waals surface area contributed by atoms with Crippen LogP contribution in [0.25, 0.3) is 0 Å². The van der Waals surface area contributed by atoms with Crippen LogP contribution in [0.3, 0.4) is 0 Å². The molecule has 1 aliphatic heterocycles. The summed E-state index contributed by atoms with van der Waals surface area (Å²) in [7, 11) is 0. The fraction of sp³-hybridized carbons (Fsp3) is 0.462. The normalized spacial score (nSPS) is 24.8. The zero-order chi connectivity index (χ0) is 11.5. The van der Waals surface area contributed by atoms with Gasteiger partial charge in [0.1, 0.15) is 0 Å². The molecule has 0 bridgehead atoms. The molecule has 1 fully saturated rings. The molecule has 1 heterocycles. The fourth-order valence-corrected chi connectivity index (χ4v) is 2.29. The summed E-state index contributed by atoms with van der Waals surface area (Å²) < 4.78 is 0. The van der Waals surface area contributed by atoms with Crippen LogP contribution in [-0.2, 0) is 0 Å². The molecule has 3 nitrogen and oxygen atoms in total. The lowest BCUT2D eigenvalue weighted by atomic mass is 10.0. The fourth-order valence-electron chi connectivity index (χ4n) is 2.29. The number of hydrogen-bond donors (Lipinski definition) is 1. The average Bonchev–Trinajstić information content (AvgIpc) is 2.70. The monoisotopic (exact) mass is 219 g/mol. The summed E-state index contributed by atoms with van der Waals surface area (Å²) in [5.41, 5.74) is 0.704. The topological polar surface area (TPSA) is 40.5 Å². The molecule has 86 valence electrons. The first-order valence-electron chi connectivity index (χ1n) is 5.71. The number of rotatable bonds is 2. The van der Waals surface area contributed by atoms with Crippen LogP contribution in [0.5, 0.6) is 0 Å². The van der Waals surface area contributed by atoms with Crippen LogP contribution in [0, 0.1) is 5.92 Å². The molecule has 0 aliphatic carbocycles. The number of amides is 1. The first-order chi connectivity index (χ1) is 7.74. The Balaban J connectivity index is 2.17. The molecule has 0 radical (unpaired) electrons. The minimum Gasteiger partial charge on any atom is -0.394 e. The third kappa shape index (κ3) is 1.95. The Morgan fingerprint density at radius 2 is 2.12 bits per heavy atom. The minimum atomic E-state index is -0.0206. The number of nitrogens with zero attached hydrogens (tertiary/aromatic N) is 1. The molecule has 0 aromatic heterocycles. The quantitative estimate of drug-likeness (QED) is 0.819. The summed E-state index contributed by atoms with van der Waals surface area (Å²) in [6.45, 7) is 2.89. The molecule has 0 spiro atoms. The number of carbonyl (C=O) groups is 1. The van der Waals surface area contributed by atoms with Crippen LogP contribution in [0.1, 0.15) is 23.7 Å². The van der Waals surface area contributed by atoms with Crippen LogP contribution < -0.4 is 0 Å². The average molecular weight is 219 g/mol. The maximum absolute atomic E-state index is 12.2. The van der Waals surface area contributed by atoms with E-state index in [-0.39, 0.29) is 18.6 Å². The van der Waals surface area contributed by atoms with E-state index in [1.54, 1.807) is 4.90 Å². The van der Waals surface area contributed by atoms with E-state index in [2.05, 4.69) is 6.92 Å². The van der Waals surface area contributed by atoms with Gasteiger partial charge in [-0.2, -0.15) is 0 Å². The summed E-state index contributed by atoms with van der Waals surface area (Å²) in [5, 5.41) is 9.31. The Bertz CT molecular complexity index is 363. The van der Waals surface area contributed by atoms with Crippen molar-refractivity contribution in [2.75, 3.05) is 13.2 Å². The number of aliphatic hydroxyl groups excluding tert-OH is 1. The Labute approximate surface area is 95.7 Å². The van der Waals surface area contributed by atoms with E-state index in [0.29, 0.717) is 11.5 Å². The summed E-state index contributed by atoms with van der Waals surface area (Å²) in [6, 6.07) is 9.24. The second-order valence-electron chi connectivity index (χ2n) is 4.38. The highest BCUT2D eigenvalue weighted by atomic mass is 16.3. The molecule has 16 heavy (non-hydrogen) atoms. The number of hydrogen-bond acceptors (Lipinski definition) is 2. The van der Waals surface area contributed by atoms with E-state index in [0.717, 1.165) is 13.0 Å². The molecule has 1 aromatic carbocycles. The Hall–Kier alpha value is -1.35. The Morgan fingerprint density at radius 3 is 2.75 bits per heavy atom. The van der Waals surface area contributed by atoms with E-state index in [1.807, 2.05) is 30.3 Å². The molecule has 2 atom stereocenters. The molecule has 0 unspecified atom stereocenters. The lowest BCUT2D eigenvalue weighted by molar-refractivity contribution is 0.0648. The second kappa shape index (κ2) is 4.66. The van der Waals surface area contributed by atoms with Crippen LogP contribution in [-0.4, -0.2) is 35.1 Å². The van der Waals surface area contributed by atoms with E-state index in [1.165, 1.54) is 0 Å². The maximum Gasteiger partial charge on any atom is 0.254 e. The highest BCUT2D eigenvalue weighted by Crippen LogP contribution is 2.25. The van der Waals surface area contributed by atoms with Crippen LogP contribution in [0.15, 0.2) is 30.3 Å². The zero-order valence-electron chi connectivity index (χ0n) is 9.47. The molecule has 0 saturated carbocycles. The van der Waals surface area contributed by atoms with Crippen molar-refractivity contribution in [2.24, 2.45) is 5.92 Å². The number of aliphatic hydroxyl groups is 1. The van der Waals surface area contributed by atoms with Gasteiger partial charge in [-0.25, -0.2) is 0 Å². The van der Waals surface area contributed by atoms with Crippen molar-refractivity contribution < 1.29 is 9.90 Å². The van der Waals surface area contributed by atoms with Crippen LogP contribution >= 0.6 is 0 Å².